The summed E-state index contributed by atoms with van der Waals surface area (Å²) in [5.41, 5.74) is 0.689. The number of allylic oxidation sites excluding steroid dienone is 1. The standard InChI is InChI=1S/C37H44O19/c1-9-25-26(15-31(44)47-13-12-24-10-11-28(50-19(3)39)29(14-24)51-20(4)40)27(35(45)46-8)16-49-36(25)56-37-34(54-23(7)43)33(53-22(6)42)32(52-21(5)41)30(55-37)17-48-18(2)38/h9-11,14,16,26,30,32-34,36-37H,12-13,15,17H2,1-8H3/b25-9+/t26-,30+,32+,33-,34+,36-,37-/m0/s1. The second-order valence-corrected chi connectivity index (χ2v) is 12.2. The van der Waals surface area contributed by atoms with Crippen LogP contribution in [0.2, 0.25) is 0 Å². The van der Waals surface area contributed by atoms with Crippen LogP contribution in [-0.2, 0) is 87.4 Å². The van der Waals surface area contributed by atoms with Gasteiger partial charge in [-0.25, -0.2) is 4.79 Å². The zero-order valence-corrected chi connectivity index (χ0v) is 32.0. The van der Waals surface area contributed by atoms with Crippen molar-refractivity contribution in [1.29, 1.82) is 0 Å². The van der Waals surface area contributed by atoms with Gasteiger partial charge in [0.25, 0.3) is 0 Å². The highest BCUT2D eigenvalue weighted by Crippen LogP contribution is 2.38. The molecule has 0 radical (unpaired) electrons. The highest BCUT2D eigenvalue weighted by atomic mass is 16.8. The van der Waals surface area contributed by atoms with Crippen molar-refractivity contribution >= 4 is 47.8 Å². The SMILES string of the molecule is C/C=C1/[C@H](O[C@@H]2O[C@H](COC(C)=O)[C@@H](OC(C)=O)[C@H](OC(C)=O)[C@H]2OC(C)=O)OC=C(C(=O)OC)[C@H]1CC(=O)OCCc1ccc(OC(C)=O)c(OC(C)=O)c1. The average molecular weight is 793 g/mol. The summed E-state index contributed by atoms with van der Waals surface area (Å²) >= 11 is 0. The smallest absolute Gasteiger partial charge is 0.337 e. The molecule has 0 saturated carbocycles. The quantitative estimate of drug-likeness (QED) is 0.107. The molecule has 0 aromatic heterocycles. The van der Waals surface area contributed by atoms with E-state index in [2.05, 4.69) is 0 Å². The second kappa shape index (κ2) is 20.7. The number of esters is 8. The lowest BCUT2D eigenvalue weighted by atomic mass is 9.86. The molecule has 1 aromatic carbocycles. The van der Waals surface area contributed by atoms with Gasteiger partial charge in [0, 0.05) is 59.5 Å². The van der Waals surface area contributed by atoms with Gasteiger partial charge in [-0.05, 0) is 24.6 Å². The lowest BCUT2D eigenvalue weighted by Gasteiger charge is -2.45. The van der Waals surface area contributed by atoms with Gasteiger partial charge in [0.05, 0.1) is 32.0 Å². The Morgan fingerprint density at radius 2 is 1.34 bits per heavy atom. The number of carbonyl (C=O) groups is 8. The van der Waals surface area contributed by atoms with Crippen molar-refractivity contribution in [2.75, 3.05) is 20.3 Å². The molecular weight excluding hydrogens is 748 g/mol. The third kappa shape index (κ3) is 12.9. The number of benzene rings is 1. The average Bonchev–Trinajstić information content (AvgIpc) is 3.09. The first-order chi connectivity index (χ1) is 26.4. The number of ether oxygens (including phenoxy) is 11. The molecule has 0 bridgehead atoms. The Morgan fingerprint density at radius 3 is 1.91 bits per heavy atom. The van der Waals surface area contributed by atoms with E-state index >= 15 is 0 Å². The van der Waals surface area contributed by atoms with Crippen molar-refractivity contribution in [3.8, 4) is 11.5 Å². The largest absolute Gasteiger partial charge is 0.468 e. The molecule has 2 aliphatic heterocycles. The topological polar surface area (TPSA) is 238 Å². The van der Waals surface area contributed by atoms with E-state index < -0.39 is 104 Å². The summed E-state index contributed by atoms with van der Waals surface area (Å²) in [6.07, 6.45) is -6.73. The summed E-state index contributed by atoms with van der Waals surface area (Å²) in [7, 11) is 1.13. The van der Waals surface area contributed by atoms with Gasteiger partial charge >= 0.3 is 47.8 Å². The Morgan fingerprint density at radius 1 is 0.732 bits per heavy atom. The van der Waals surface area contributed by atoms with Gasteiger partial charge in [-0.1, -0.05) is 12.1 Å². The molecule has 0 aliphatic carbocycles. The van der Waals surface area contributed by atoms with Crippen LogP contribution < -0.4 is 9.47 Å². The van der Waals surface area contributed by atoms with Gasteiger partial charge in [-0.2, -0.15) is 0 Å². The van der Waals surface area contributed by atoms with E-state index in [0.717, 1.165) is 41.1 Å². The van der Waals surface area contributed by atoms with Crippen LogP contribution in [0.1, 0.15) is 60.5 Å². The first-order valence-electron chi connectivity index (χ1n) is 17.1. The molecule has 56 heavy (non-hydrogen) atoms. The lowest BCUT2D eigenvalue weighted by Crippen LogP contribution is -2.63. The number of rotatable bonds is 15. The summed E-state index contributed by atoms with van der Waals surface area (Å²) in [6.45, 7) is 7.60. The molecular formula is C37H44O19. The maximum absolute atomic E-state index is 13.3. The minimum absolute atomic E-state index is 0.00739. The van der Waals surface area contributed by atoms with E-state index in [0.29, 0.717) is 5.56 Å². The van der Waals surface area contributed by atoms with Crippen molar-refractivity contribution in [2.45, 2.75) is 98.3 Å². The van der Waals surface area contributed by atoms with E-state index in [4.69, 9.17) is 52.1 Å². The molecule has 2 aliphatic rings. The summed E-state index contributed by atoms with van der Waals surface area (Å²) in [4.78, 5) is 97.5. The summed E-state index contributed by atoms with van der Waals surface area (Å²) < 4.78 is 60.0. The molecule has 1 aromatic rings. The van der Waals surface area contributed by atoms with E-state index in [9.17, 15) is 38.4 Å². The van der Waals surface area contributed by atoms with E-state index in [1.165, 1.54) is 32.1 Å². The first kappa shape index (κ1) is 44.6. The van der Waals surface area contributed by atoms with Crippen molar-refractivity contribution in [3.05, 3.63) is 47.2 Å². The number of methoxy groups -OCH3 is 1. The van der Waals surface area contributed by atoms with Gasteiger partial charge < -0.3 is 52.1 Å². The minimum atomic E-state index is -1.65. The maximum Gasteiger partial charge on any atom is 0.337 e. The van der Waals surface area contributed by atoms with Gasteiger partial charge in [0.1, 0.15) is 12.7 Å². The fourth-order valence-corrected chi connectivity index (χ4v) is 5.73. The molecule has 306 valence electrons. The Kier molecular flexibility index (Phi) is 16.5. The summed E-state index contributed by atoms with van der Waals surface area (Å²) in [5.74, 6) is -7.16. The first-order valence-corrected chi connectivity index (χ1v) is 17.1. The van der Waals surface area contributed by atoms with Gasteiger partial charge in [0.2, 0.25) is 12.6 Å². The fraction of sp³-hybridized carbons (Fsp3) is 0.514. The van der Waals surface area contributed by atoms with Crippen LogP contribution in [-0.4, -0.2) is 105 Å². The molecule has 0 spiro atoms. The van der Waals surface area contributed by atoms with Crippen LogP contribution in [0.5, 0.6) is 11.5 Å². The number of carbonyl (C=O) groups excluding carboxylic acids is 8. The Bertz CT molecular complexity index is 1730. The van der Waals surface area contributed by atoms with Crippen molar-refractivity contribution in [3.63, 3.8) is 0 Å². The predicted octanol–water partition coefficient (Wildman–Crippen LogP) is 2.09. The highest BCUT2D eigenvalue weighted by Gasteiger charge is 2.54. The third-order valence-electron chi connectivity index (χ3n) is 7.87. The van der Waals surface area contributed by atoms with Gasteiger partial charge in [-0.3, -0.25) is 33.6 Å². The van der Waals surface area contributed by atoms with Crippen molar-refractivity contribution in [2.24, 2.45) is 5.92 Å². The molecule has 0 amide bonds. The zero-order chi connectivity index (χ0) is 41.7. The van der Waals surface area contributed by atoms with Crippen LogP contribution in [0.15, 0.2) is 41.7 Å². The van der Waals surface area contributed by atoms with Crippen LogP contribution in [0.4, 0.5) is 0 Å². The monoisotopic (exact) mass is 792 g/mol. The Labute approximate surface area is 321 Å². The third-order valence-corrected chi connectivity index (χ3v) is 7.87. The normalized spacial score (nSPS) is 23.6. The minimum Gasteiger partial charge on any atom is -0.468 e. The molecule has 7 atom stereocenters. The highest BCUT2D eigenvalue weighted by molar-refractivity contribution is 5.90. The van der Waals surface area contributed by atoms with Gasteiger partial charge in [0.15, 0.2) is 29.8 Å². The van der Waals surface area contributed by atoms with Gasteiger partial charge in [-0.15, -0.1) is 0 Å². The molecule has 19 nitrogen and oxygen atoms in total. The van der Waals surface area contributed by atoms with Crippen LogP contribution >= 0.6 is 0 Å². The molecule has 0 N–H and O–H groups in total. The Hall–Kier alpha value is -5.82. The van der Waals surface area contributed by atoms with Crippen molar-refractivity contribution < 1.29 is 90.5 Å². The molecule has 1 saturated heterocycles. The van der Waals surface area contributed by atoms with Crippen LogP contribution in [0.25, 0.3) is 0 Å². The van der Waals surface area contributed by atoms with Crippen LogP contribution in [0, 0.1) is 5.92 Å². The molecule has 1 fully saturated rings. The van der Waals surface area contributed by atoms with Crippen molar-refractivity contribution in [1.82, 2.24) is 0 Å². The number of hydrogen-bond acceptors (Lipinski definition) is 19. The maximum atomic E-state index is 13.3. The Balaban J connectivity index is 1.88. The predicted molar refractivity (Wildman–Crippen MR) is 184 cm³/mol. The van der Waals surface area contributed by atoms with E-state index in [1.807, 2.05) is 0 Å². The molecule has 2 heterocycles. The molecule has 0 unspecified atom stereocenters. The summed E-state index contributed by atoms with van der Waals surface area (Å²) in [5, 5.41) is 0. The molecule has 3 rings (SSSR count). The number of hydrogen-bond donors (Lipinski definition) is 0. The summed E-state index contributed by atoms with van der Waals surface area (Å²) in [6, 6.07) is 4.47. The second-order valence-electron chi connectivity index (χ2n) is 12.2. The van der Waals surface area contributed by atoms with Crippen LogP contribution in [0.3, 0.4) is 0 Å². The zero-order valence-electron chi connectivity index (χ0n) is 32.0. The lowest BCUT2D eigenvalue weighted by molar-refractivity contribution is -0.331. The molecule has 19 heteroatoms. The fourth-order valence-electron chi connectivity index (χ4n) is 5.73. The van der Waals surface area contributed by atoms with E-state index in [-0.39, 0.29) is 35.7 Å². The van der Waals surface area contributed by atoms with E-state index in [1.54, 1.807) is 13.0 Å².